The highest BCUT2D eigenvalue weighted by atomic mass is 16.5. The van der Waals surface area contributed by atoms with Crippen LogP contribution in [-0.4, -0.2) is 42.6 Å². The maximum absolute atomic E-state index is 12.6. The van der Waals surface area contributed by atoms with Crippen molar-refractivity contribution < 1.29 is 24.2 Å². The average molecular weight is 319 g/mol. The Bertz CT molecular complexity index is 629. The number of carboxylic acid groups (broad SMARTS) is 1. The Balaban J connectivity index is 1.79. The van der Waals surface area contributed by atoms with Crippen LogP contribution in [0.5, 0.6) is 11.5 Å². The van der Waals surface area contributed by atoms with E-state index in [-0.39, 0.29) is 17.9 Å². The molecule has 1 saturated heterocycles. The van der Waals surface area contributed by atoms with Gasteiger partial charge in [-0.1, -0.05) is 6.07 Å². The standard InChI is InChI=1S/C17H21NO5/c1-22-14-6-5-10(8-15(14)23-2)13-4-3-7-18(13)16(19)11-9-12(11)17(20)21/h5-6,8,11-13H,3-4,7,9H2,1-2H3,(H,20,21). The second kappa shape index (κ2) is 6.10. The van der Waals surface area contributed by atoms with Gasteiger partial charge in [0, 0.05) is 6.54 Å². The molecule has 3 unspecified atom stereocenters. The molecule has 6 heteroatoms. The first kappa shape index (κ1) is 15.6. The fourth-order valence-electron chi connectivity index (χ4n) is 3.39. The fraction of sp³-hybridized carbons (Fsp3) is 0.529. The Labute approximate surface area is 135 Å². The van der Waals surface area contributed by atoms with E-state index < -0.39 is 11.9 Å². The van der Waals surface area contributed by atoms with Gasteiger partial charge in [0.2, 0.25) is 5.91 Å². The third kappa shape index (κ3) is 2.85. The van der Waals surface area contributed by atoms with Gasteiger partial charge in [0.15, 0.2) is 11.5 Å². The van der Waals surface area contributed by atoms with Crippen molar-refractivity contribution in [1.82, 2.24) is 4.90 Å². The number of hydrogen-bond acceptors (Lipinski definition) is 4. The molecule has 124 valence electrons. The molecule has 0 radical (unpaired) electrons. The molecule has 1 aliphatic heterocycles. The lowest BCUT2D eigenvalue weighted by atomic mass is 10.0. The van der Waals surface area contributed by atoms with E-state index in [4.69, 9.17) is 14.6 Å². The summed E-state index contributed by atoms with van der Waals surface area (Å²) in [6, 6.07) is 5.67. The Morgan fingerprint density at radius 1 is 1.17 bits per heavy atom. The van der Waals surface area contributed by atoms with Gasteiger partial charge < -0.3 is 19.5 Å². The molecule has 1 aromatic rings. The number of methoxy groups -OCH3 is 2. The summed E-state index contributed by atoms with van der Waals surface area (Å²) in [7, 11) is 3.17. The molecule has 1 aliphatic carbocycles. The molecule has 3 rings (SSSR count). The molecule has 6 nitrogen and oxygen atoms in total. The minimum Gasteiger partial charge on any atom is -0.493 e. The summed E-state index contributed by atoms with van der Waals surface area (Å²) in [5, 5.41) is 9.02. The molecule has 2 fully saturated rings. The number of ether oxygens (including phenoxy) is 2. The van der Waals surface area contributed by atoms with Gasteiger partial charge in [0.05, 0.1) is 32.1 Å². The zero-order valence-electron chi connectivity index (χ0n) is 13.3. The first-order valence-corrected chi connectivity index (χ1v) is 7.82. The van der Waals surface area contributed by atoms with Crippen molar-refractivity contribution in [1.29, 1.82) is 0 Å². The van der Waals surface area contributed by atoms with Gasteiger partial charge in [-0.05, 0) is 37.0 Å². The van der Waals surface area contributed by atoms with Crippen LogP contribution < -0.4 is 9.47 Å². The maximum Gasteiger partial charge on any atom is 0.307 e. The largest absolute Gasteiger partial charge is 0.493 e. The molecule has 1 N–H and O–H groups in total. The molecule has 23 heavy (non-hydrogen) atoms. The molecule has 1 heterocycles. The zero-order valence-corrected chi connectivity index (χ0v) is 13.3. The van der Waals surface area contributed by atoms with Gasteiger partial charge in [-0.15, -0.1) is 0 Å². The van der Waals surface area contributed by atoms with Crippen molar-refractivity contribution in [2.75, 3.05) is 20.8 Å². The Hall–Kier alpha value is -2.24. The van der Waals surface area contributed by atoms with Gasteiger partial charge >= 0.3 is 5.97 Å². The summed E-state index contributed by atoms with van der Waals surface area (Å²) < 4.78 is 10.6. The van der Waals surface area contributed by atoms with Crippen molar-refractivity contribution in [3.8, 4) is 11.5 Å². The van der Waals surface area contributed by atoms with Gasteiger partial charge in [-0.3, -0.25) is 9.59 Å². The number of hydrogen-bond donors (Lipinski definition) is 1. The topological polar surface area (TPSA) is 76.1 Å². The van der Waals surface area contributed by atoms with Crippen LogP contribution in [0.1, 0.15) is 30.9 Å². The van der Waals surface area contributed by atoms with Gasteiger partial charge in [0.25, 0.3) is 0 Å². The molecule has 0 bridgehead atoms. The van der Waals surface area contributed by atoms with E-state index in [0.29, 0.717) is 24.5 Å². The first-order chi connectivity index (χ1) is 11.1. The third-order valence-electron chi connectivity index (χ3n) is 4.75. The quantitative estimate of drug-likeness (QED) is 0.899. The van der Waals surface area contributed by atoms with Crippen molar-refractivity contribution in [2.45, 2.75) is 25.3 Å². The van der Waals surface area contributed by atoms with E-state index in [1.807, 2.05) is 23.1 Å². The summed E-state index contributed by atoms with van der Waals surface area (Å²) in [6.07, 6.45) is 2.27. The van der Waals surface area contributed by atoms with Crippen LogP contribution in [0, 0.1) is 11.8 Å². The number of amides is 1. The monoisotopic (exact) mass is 319 g/mol. The van der Waals surface area contributed by atoms with Crippen molar-refractivity contribution in [2.24, 2.45) is 11.8 Å². The van der Waals surface area contributed by atoms with Crippen LogP contribution in [0.3, 0.4) is 0 Å². The van der Waals surface area contributed by atoms with Crippen LogP contribution in [-0.2, 0) is 9.59 Å². The highest BCUT2D eigenvalue weighted by Gasteiger charge is 2.51. The van der Waals surface area contributed by atoms with E-state index in [1.54, 1.807) is 14.2 Å². The van der Waals surface area contributed by atoms with Gasteiger partial charge in [0.1, 0.15) is 0 Å². The molecular weight excluding hydrogens is 298 g/mol. The van der Waals surface area contributed by atoms with Crippen LogP contribution in [0.4, 0.5) is 0 Å². The number of aliphatic carboxylic acids is 1. The van der Waals surface area contributed by atoms with Crippen LogP contribution in [0.25, 0.3) is 0 Å². The van der Waals surface area contributed by atoms with E-state index in [1.165, 1.54) is 0 Å². The van der Waals surface area contributed by atoms with Gasteiger partial charge in [-0.2, -0.15) is 0 Å². The molecular formula is C17H21NO5. The molecule has 1 amide bonds. The second-order valence-corrected chi connectivity index (χ2v) is 6.09. The van der Waals surface area contributed by atoms with E-state index >= 15 is 0 Å². The number of rotatable bonds is 5. The normalized spacial score (nSPS) is 26.0. The predicted molar refractivity (Wildman–Crippen MR) is 82.5 cm³/mol. The summed E-state index contributed by atoms with van der Waals surface area (Å²) in [5.41, 5.74) is 1.00. The van der Waals surface area contributed by atoms with E-state index in [2.05, 4.69) is 0 Å². The van der Waals surface area contributed by atoms with Crippen LogP contribution in [0.15, 0.2) is 18.2 Å². The number of carbonyl (C=O) groups is 2. The van der Waals surface area contributed by atoms with E-state index in [9.17, 15) is 9.59 Å². The highest BCUT2D eigenvalue weighted by Crippen LogP contribution is 2.44. The zero-order chi connectivity index (χ0) is 16.6. The second-order valence-electron chi connectivity index (χ2n) is 6.09. The molecule has 0 aromatic heterocycles. The molecule has 2 aliphatic rings. The van der Waals surface area contributed by atoms with Crippen molar-refractivity contribution in [3.05, 3.63) is 23.8 Å². The lowest BCUT2D eigenvalue weighted by Crippen LogP contribution is -2.32. The number of likely N-dealkylation sites (tertiary alicyclic amines) is 1. The number of nitrogens with zero attached hydrogens (tertiary/aromatic N) is 1. The highest BCUT2D eigenvalue weighted by molar-refractivity contribution is 5.89. The molecule has 1 aromatic carbocycles. The first-order valence-electron chi connectivity index (χ1n) is 7.82. The minimum absolute atomic E-state index is 0.0163. The van der Waals surface area contributed by atoms with Crippen molar-refractivity contribution >= 4 is 11.9 Å². The Morgan fingerprint density at radius 3 is 2.52 bits per heavy atom. The maximum atomic E-state index is 12.6. The lowest BCUT2D eigenvalue weighted by Gasteiger charge is -2.26. The minimum atomic E-state index is -0.870. The van der Waals surface area contributed by atoms with E-state index in [0.717, 1.165) is 18.4 Å². The Kier molecular flexibility index (Phi) is 4.15. The predicted octanol–water partition coefficient (Wildman–Crippen LogP) is 2.09. The summed E-state index contributed by atoms with van der Waals surface area (Å²) in [6.45, 7) is 0.681. The average Bonchev–Trinajstić information content (AvgIpc) is 3.23. The van der Waals surface area contributed by atoms with Gasteiger partial charge in [-0.25, -0.2) is 0 Å². The van der Waals surface area contributed by atoms with Crippen LogP contribution in [0.2, 0.25) is 0 Å². The summed E-state index contributed by atoms with van der Waals surface area (Å²) >= 11 is 0. The third-order valence-corrected chi connectivity index (χ3v) is 4.75. The fourth-order valence-corrected chi connectivity index (χ4v) is 3.39. The molecule has 1 saturated carbocycles. The van der Waals surface area contributed by atoms with Crippen molar-refractivity contribution in [3.63, 3.8) is 0 Å². The molecule has 3 atom stereocenters. The number of benzene rings is 1. The Morgan fingerprint density at radius 2 is 1.91 bits per heavy atom. The number of carboxylic acids is 1. The smallest absolute Gasteiger partial charge is 0.307 e. The molecule has 0 spiro atoms. The SMILES string of the molecule is COc1ccc(C2CCCN2C(=O)C2CC2C(=O)O)cc1OC. The summed E-state index contributed by atoms with van der Waals surface area (Å²) in [4.78, 5) is 25.4. The number of carbonyl (C=O) groups excluding carboxylic acids is 1. The lowest BCUT2D eigenvalue weighted by molar-refractivity contribution is -0.142. The summed E-state index contributed by atoms with van der Waals surface area (Å²) in [5.74, 6) is -0.471. The van der Waals surface area contributed by atoms with Crippen LogP contribution >= 0.6 is 0 Å².